The molecule has 2 fully saturated rings. The average molecular weight is 1020 g/mol. The number of rotatable bonds is 9. The maximum absolute atomic E-state index is 12.8. The van der Waals surface area contributed by atoms with Crippen LogP contribution in [0.1, 0.15) is 116 Å². The molecule has 9 N–H and O–H groups in total. The summed E-state index contributed by atoms with van der Waals surface area (Å²) < 4.78 is 9.30. The third kappa shape index (κ3) is 12.0. The fourth-order valence-corrected chi connectivity index (χ4v) is 9.33. The highest BCUT2D eigenvalue weighted by atomic mass is 35.5. The molecule has 20 nitrogen and oxygen atoms in total. The number of aromatic nitrogens is 10. The first-order valence-electron chi connectivity index (χ1n) is 24.5. The fourth-order valence-electron chi connectivity index (χ4n) is 9.33. The zero-order chi connectivity index (χ0) is 51.4. The monoisotopic (exact) mass is 1020 g/mol. The van der Waals surface area contributed by atoms with Gasteiger partial charge in [-0.3, -0.25) is 9.59 Å². The first-order chi connectivity index (χ1) is 35.1. The zero-order valence-corrected chi connectivity index (χ0v) is 42.8. The van der Waals surface area contributed by atoms with Gasteiger partial charge in [0.25, 0.3) is 11.8 Å². The summed E-state index contributed by atoms with van der Waals surface area (Å²) in [5, 5.41) is 19.9. The number of alkyl carbamates (subject to hydrolysis) is 1. The molecule has 0 unspecified atom stereocenters. The molecule has 0 saturated heterocycles. The van der Waals surface area contributed by atoms with Gasteiger partial charge in [0.2, 0.25) is 0 Å². The molecule has 0 radical (unpaired) electrons. The van der Waals surface area contributed by atoms with Crippen molar-refractivity contribution in [2.45, 2.75) is 116 Å². The molecule has 0 bridgehead atoms. The molecule has 2 saturated carbocycles. The number of pyridine rings is 2. The highest BCUT2D eigenvalue weighted by Gasteiger charge is 2.30. The number of nitrogen functional groups attached to an aromatic ring is 2. The van der Waals surface area contributed by atoms with Crippen LogP contribution in [0.4, 0.5) is 28.1 Å². The van der Waals surface area contributed by atoms with E-state index in [2.05, 4.69) is 45.9 Å². The van der Waals surface area contributed by atoms with Gasteiger partial charge in [-0.2, -0.15) is 10.2 Å². The van der Waals surface area contributed by atoms with Gasteiger partial charge >= 0.3 is 6.09 Å². The maximum atomic E-state index is 12.8. The minimum atomic E-state index is -0.536. The maximum Gasteiger partial charge on any atom is 0.407 e. The Morgan fingerprint density at radius 3 is 1.42 bits per heavy atom. The molecule has 2 aliphatic rings. The highest BCUT2D eigenvalue weighted by molar-refractivity contribution is 6.06. The molecule has 6 heterocycles. The largest absolute Gasteiger partial charge is 0.444 e. The Morgan fingerprint density at radius 2 is 1.01 bits per heavy atom. The van der Waals surface area contributed by atoms with Crippen LogP contribution in [0.15, 0.2) is 97.8 Å². The van der Waals surface area contributed by atoms with Crippen molar-refractivity contribution >= 4 is 75.7 Å². The Morgan fingerprint density at radius 1 is 0.595 bits per heavy atom. The van der Waals surface area contributed by atoms with E-state index in [-0.39, 0.29) is 48.4 Å². The van der Waals surface area contributed by atoms with Crippen LogP contribution in [-0.2, 0) is 4.74 Å². The number of amides is 3. The molecule has 0 spiro atoms. The number of benzene rings is 2. The number of carbonyl (C=O) groups excluding carboxylic acids is 3. The van der Waals surface area contributed by atoms with Gasteiger partial charge in [-0.05, 0) is 146 Å². The number of ether oxygens (including phenoxy) is 1. The van der Waals surface area contributed by atoms with E-state index in [1.807, 2.05) is 92.5 Å². The van der Waals surface area contributed by atoms with Crippen LogP contribution in [0.3, 0.4) is 0 Å². The van der Waals surface area contributed by atoms with Crippen molar-refractivity contribution in [1.82, 2.24) is 54.8 Å². The Balaban J connectivity index is 0.000000198. The van der Waals surface area contributed by atoms with Gasteiger partial charge in [0, 0.05) is 46.7 Å². The molecule has 21 heteroatoms. The lowest BCUT2D eigenvalue weighted by Gasteiger charge is -2.30. The van der Waals surface area contributed by atoms with Crippen LogP contribution in [0.5, 0.6) is 0 Å². The Hall–Kier alpha value is -8.10. The number of hydrogen-bond donors (Lipinski definition) is 6. The molecule has 2 aromatic carbocycles. The van der Waals surface area contributed by atoms with E-state index < -0.39 is 11.7 Å². The van der Waals surface area contributed by atoms with Crippen LogP contribution in [-0.4, -0.2) is 85.1 Å². The Labute approximate surface area is 434 Å². The molecule has 0 atom stereocenters. The molecule has 2 aliphatic carbocycles. The third-order valence-corrected chi connectivity index (χ3v) is 13.0. The van der Waals surface area contributed by atoms with Crippen LogP contribution in [0.2, 0.25) is 0 Å². The topological polar surface area (TPSA) is 288 Å². The lowest BCUT2D eigenvalue weighted by Crippen LogP contribution is -2.41. The van der Waals surface area contributed by atoms with Crippen molar-refractivity contribution in [2.75, 3.05) is 22.1 Å². The lowest BCUT2D eigenvalue weighted by atomic mass is 9.91. The van der Waals surface area contributed by atoms with Crippen molar-refractivity contribution in [1.29, 1.82) is 0 Å². The molecule has 10 rings (SSSR count). The van der Waals surface area contributed by atoms with Gasteiger partial charge in [-0.15, -0.1) is 12.4 Å². The molecule has 3 amide bonds. The Bertz CT molecular complexity index is 3280. The molecule has 0 aliphatic heterocycles. The predicted molar refractivity (Wildman–Crippen MR) is 288 cm³/mol. The summed E-state index contributed by atoms with van der Waals surface area (Å²) in [7, 11) is 0. The van der Waals surface area contributed by atoms with Crippen molar-refractivity contribution in [3.05, 3.63) is 120 Å². The van der Waals surface area contributed by atoms with Crippen LogP contribution < -0.4 is 33.2 Å². The third-order valence-electron chi connectivity index (χ3n) is 13.0. The SMILES string of the molecule is Cc1ccnc(NC(=O)c2ccc(-c3nn(C4CCC(N)CC4)c4ncnc(N)c34)cc2)c1.Cc1ccnc(NC(=O)c2ccc(-c3nn(C4CCC(NC(=O)OC(C)(C)C)CC4)c4ncnc(N)c34)cc2)c1.Cl. The van der Waals surface area contributed by atoms with Crippen molar-refractivity contribution in [2.24, 2.45) is 5.73 Å². The number of nitrogens with zero attached hydrogens (tertiary/aromatic N) is 10. The number of nitrogens with two attached hydrogens (primary N) is 3. The normalized spacial score (nSPS) is 17.6. The van der Waals surface area contributed by atoms with Gasteiger partial charge in [0.1, 0.15) is 52.9 Å². The average Bonchev–Trinajstić information content (AvgIpc) is 3.96. The molecule has 384 valence electrons. The van der Waals surface area contributed by atoms with E-state index >= 15 is 0 Å². The molecule has 74 heavy (non-hydrogen) atoms. The first-order valence-corrected chi connectivity index (χ1v) is 24.5. The molecular weight excluding hydrogens is 960 g/mol. The van der Waals surface area contributed by atoms with E-state index in [1.54, 1.807) is 36.7 Å². The first kappa shape index (κ1) is 52.2. The summed E-state index contributed by atoms with van der Waals surface area (Å²) in [6, 6.07) is 22.5. The lowest BCUT2D eigenvalue weighted by molar-refractivity contribution is 0.0487. The number of hydrogen-bond acceptors (Lipinski definition) is 15. The van der Waals surface area contributed by atoms with E-state index in [1.165, 1.54) is 12.7 Å². The second kappa shape index (κ2) is 22.3. The minimum absolute atomic E-state index is 0. The van der Waals surface area contributed by atoms with Crippen molar-refractivity contribution in [3.63, 3.8) is 0 Å². The number of aryl methyl sites for hydroxylation is 2. The summed E-state index contributed by atoms with van der Waals surface area (Å²) >= 11 is 0. The molecule has 6 aromatic heterocycles. The quantitative estimate of drug-likeness (QED) is 0.0787. The van der Waals surface area contributed by atoms with Gasteiger partial charge in [-0.25, -0.2) is 44.1 Å². The number of halogens is 1. The second-order valence-electron chi connectivity index (χ2n) is 19.7. The second-order valence-corrected chi connectivity index (χ2v) is 19.7. The van der Waals surface area contributed by atoms with E-state index in [0.717, 1.165) is 84.7 Å². The number of carbonyl (C=O) groups is 3. The number of fused-ring (bicyclic) bond motifs is 2. The minimum Gasteiger partial charge on any atom is -0.444 e. The van der Waals surface area contributed by atoms with Crippen LogP contribution in [0.25, 0.3) is 44.6 Å². The van der Waals surface area contributed by atoms with Crippen LogP contribution in [0, 0.1) is 13.8 Å². The van der Waals surface area contributed by atoms with E-state index in [4.69, 9.17) is 32.1 Å². The van der Waals surface area contributed by atoms with E-state index in [9.17, 15) is 14.4 Å². The zero-order valence-electron chi connectivity index (χ0n) is 41.9. The van der Waals surface area contributed by atoms with Gasteiger partial charge in [0.15, 0.2) is 11.3 Å². The van der Waals surface area contributed by atoms with Crippen molar-refractivity contribution < 1.29 is 19.1 Å². The summed E-state index contributed by atoms with van der Waals surface area (Å²) in [5.41, 5.74) is 25.6. The van der Waals surface area contributed by atoms with Gasteiger partial charge < -0.3 is 37.9 Å². The summed E-state index contributed by atoms with van der Waals surface area (Å²) in [6.45, 7) is 9.44. The van der Waals surface area contributed by atoms with Gasteiger partial charge in [-0.1, -0.05) is 24.3 Å². The molecular formula is C53H61ClN16O4. The van der Waals surface area contributed by atoms with Crippen LogP contribution >= 0.6 is 12.4 Å². The predicted octanol–water partition coefficient (Wildman–Crippen LogP) is 8.94. The standard InChI is InChI=1S/C29H34N8O3.C24H26N8O.ClH/c1-17-13-14-31-22(15-17)35-27(38)19-7-5-18(6-8-19)24-23-25(30)32-16-33-26(23)37(36-24)21-11-9-20(10-12-21)34-28(39)40-29(2,3)4;1-14-10-11-27-19(12-14)30-24(33)16-4-2-15(3-5-16)21-20-22(26)28-13-29-23(20)32(31-21)18-8-6-17(25)7-9-18;/h5-8,13-16,20-21H,9-12H2,1-4H3,(H,34,39)(H2,30,32,33)(H,31,35,38);2-5,10-13,17-18H,6-9,25H2,1H3,(H2,26,28,29)(H,27,30,33);1H. The van der Waals surface area contributed by atoms with E-state index in [0.29, 0.717) is 56.8 Å². The van der Waals surface area contributed by atoms with Gasteiger partial charge in [0.05, 0.1) is 22.9 Å². The Kier molecular flexibility index (Phi) is 15.8. The van der Waals surface area contributed by atoms with Crippen molar-refractivity contribution in [3.8, 4) is 22.5 Å². The number of nitrogens with one attached hydrogen (secondary N) is 3. The summed E-state index contributed by atoms with van der Waals surface area (Å²) in [5.74, 6) is 1.28. The molecule has 8 aromatic rings. The summed E-state index contributed by atoms with van der Waals surface area (Å²) in [6.07, 6.45) is 12.9. The summed E-state index contributed by atoms with van der Waals surface area (Å²) in [4.78, 5) is 63.4. The smallest absolute Gasteiger partial charge is 0.407 e. The number of anilines is 4. The highest BCUT2D eigenvalue weighted by Crippen LogP contribution is 2.38. The fraction of sp³-hybridized carbons (Fsp3) is 0.340.